The summed E-state index contributed by atoms with van der Waals surface area (Å²) in [5, 5.41) is 0. The van der Waals surface area contributed by atoms with Crippen LogP contribution in [0.25, 0.3) is 0 Å². The zero-order valence-electron chi connectivity index (χ0n) is 9.97. The van der Waals surface area contributed by atoms with E-state index in [0.717, 1.165) is 6.61 Å². The summed E-state index contributed by atoms with van der Waals surface area (Å²) in [6, 6.07) is 2.96. The van der Waals surface area contributed by atoms with Crippen molar-refractivity contribution in [3.8, 4) is 0 Å². The Morgan fingerprint density at radius 2 is 2.12 bits per heavy atom. The first kappa shape index (κ1) is 13.2. The maximum atomic E-state index is 10.9. The highest BCUT2D eigenvalue weighted by molar-refractivity contribution is 5.88. The molecule has 0 radical (unpaired) electrons. The lowest BCUT2D eigenvalue weighted by molar-refractivity contribution is -0.0375. The van der Waals surface area contributed by atoms with Crippen LogP contribution in [0, 0.1) is 0 Å². The molecule has 0 aliphatic carbocycles. The van der Waals surface area contributed by atoms with Gasteiger partial charge in [-0.25, -0.2) is 9.78 Å². The third-order valence-electron chi connectivity index (χ3n) is 2.28. The number of rotatable bonds is 1. The van der Waals surface area contributed by atoms with Crippen LogP contribution in [0.3, 0.4) is 0 Å². The highest BCUT2D eigenvalue weighted by atomic mass is 16.5. The molecule has 0 unspecified atom stereocenters. The van der Waals surface area contributed by atoms with Gasteiger partial charge in [-0.05, 0) is 25.5 Å². The van der Waals surface area contributed by atoms with E-state index < -0.39 is 5.97 Å². The molecule has 2 heterocycles. The van der Waals surface area contributed by atoms with E-state index in [1.807, 2.05) is 0 Å². The number of carbonyl (C=O) groups is 1. The number of pyridine rings is 1. The fourth-order valence-electron chi connectivity index (χ4n) is 1.06. The van der Waals surface area contributed by atoms with E-state index in [9.17, 15) is 4.79 Å². The molecule has 1 atom stereocenters. The van der Waals surface area contributed by atoms with E-state index in [-0.39, 0.29) is 11.5 Å². The van der Waals surface area contributed by atoms with Crippen molar-refractivity contribution in [2.45, 2.75) is 19.4 Å². The molecule has 4 N–H and O–H groups in total. The van der Waals surface area contributed by atoms with Gasteiger partial charge >= 0.3 is 5.97 Å². The summed E-state index contributed by atoms with van der Waals surface area (Å²) in [6.07, 6.45) is 1.83. The molecule has 6 heteroatoms. The van der Waals surface area contributed by atoms with E-state index in [1.165, 1.54) is 25.7 Å². The predicted molar refractivity (Wildman–Crippen MR) is 64.4 cm³/mol. The van der Waals surface area contributed by atoms with Crippen molar-refractivity contribution >= 4 is 17.5 Å². The Hall–Kier alpha value is -1.82. The lowest BCUT2D eigenvalue weighted by atomic mass is 10.2. The molecule has 94 valence electrons. The predicted octanol–water partition coefficient (Wildman–Crippen LogP) is 0.828. The number of ether oxygens (including phenoxy) is 2. The van der Waals surface area contributed by atoms with Crippen molar-refractivity contribution in [1.82, 2.24) is 4.98 Å². The van der Waals surface area contributed by atoms with Crippen LogP contribution in [0.1, 0.15) is 23.8 Å². The van der Waals surface area contributed by atoms with E-state index in [4.69, 9.17) is 16.2 Å². The number of nitrogens with two attached hydrogens (primary N) is 2. The Labute approximate surface area is 99.9 Å². The summed E-state index contributed by atoms with van der Waals surface area (Å²) in [7, 11) is 1.27. The Kier molecular flexibility index (Phi) is 4.71. The van der Waals surface area contributed by atoms with E-state index in [2.05, 4.69) is 16.6 Å². The largest absolute Gasteiger partial charge is 0.464 e. The van der Waals surface area contributed by atoms with E-state index >= 15 is 0 Å². The fourth-order valence-corrected chi connectivity index (χ4v) is 1.06. The van der Waals surface area contributed by atoms with Gasteiger partial charge in [0.2, 0.25) is 0 Å². The normalized spacial score (nSPS) is 17.4. The Morgan fingerprint density at radius 1 is 1.53 bits per heavy atom. The van der Waals surface area contributed by atoms with Crippen LogP contribution in [0.2, 0.25) is 0 Å². The first-order valence-electron chi connectivity index (χ1n) is 5.26. The van der Waals surface area contributed by atoms with E-state index in [0.29, 0.717) is 11.8 Å². The zero-order valence-corrected chi connectivity index (χ0v) is 9.97. The number of anilines is 2. The standard InChI is InChI=1S/C7H9N3O2.C4H8O/c1-12-7(11)5-3-2-4(8)6(9)10-5;1-4-2-3-5-4/h2-3H,8H2,1H3,(H2,9,10);4H,2-3H2,1H3/t;4-/m.1/s1. The summed E-state index contributed by atoms with van der Waals surface area (Å²) in [4.78, 5) is 14.6. The smallest absolute Gasteiger partial charge is 0.356 e. The van der Waals surface area contributed by atoms with Crippen molar-refractivity contribution in [3.63, 3.8) is 0 Å². The minimum Gasteiger partial charge on any atom is -0.464 e. The maximum Gasteiger partial charge on any atom is 0.356 e. The van der Waals surface area contributed by atoms with Crippen LogP contribution in [0.5, 0.6) is 0 Å². The zero-order chi connectivity index (χ0) is 12.8. The number of carbonyl (C=O) groups excluding carboxylic acids is 1. The van der Waals surface area contributed by atoms with Gasteiger partial charge in [-0.2, -0.15) is 0 Å². The van der Waals surface area contributed by atoms with Crippen LogP contribution in [-0.4, -0.2) is 30.8 Å². The van der Waals surface area contributed by atoms with Gasteiger partial charge in [0, 0.05) is 6.61 Å². The molecule has 17 heavy (non-hydrogen) atoms. The van der Waals surface area contributed by atoms with Crippen LogP contribution < -0.4 is 11.5 Å². The quantitative estimate of drug-likeness (QED) is 0.704. The van der Waals surface area contributed by atoms with Gasteiger partial charge in [-0.3, -0.25) is 0 Å². The summed E-state index contributed by atoms with van der Waals surface area (Å²) in [5.41, 5.74) is 11.3. The topological polar surface area (TPSA) is 100 Å². The molecule has 1 saturated heterocycles. The van der Waals surface area contributed by atoms with Gasteiger partial charge < -0.3 is 20.9 Å². The molecule has 1 aliphatic rings. The van der Waals surface area contributed by atoms with Gasteiger partial charge in [-0.15, -0.1) is 0 Å². The molecule has 0 amide bonds. The highest BCUT2D eigenvalue weighted by Gasteiger charge is 2.09. The molecule has 0 bridgehead atoms. The van der Waals surface area contributed by atoms with Crippen LogP contribution in [-0.2, 0) is 9.47 Å². The second-order valence-electron chi connectivity index (χ2n) is 3.63. The Bertz CT molecular complexity index is 392. The lowest BCUT2D eigenvalue weighted by Gasteiger charge is -2.20. The molecule has 6 nitrogen and oxygen atoms in total. The average molecular weight is 239 g/mol. The second-order valence-corrected chi connectivity index (χ2v) is 3.63. The molecule has 1 fully saturated rings. The van der Waals surface area contributed by atoms with Crippen molar-refractivity contribution in [2.75, 3.05) is 25.2 Å². The molecule has 2 rings (SSSR count). The molecule has 0 spiro atoms. The van der Waals surface area contributed by atoms with Crippen LogP contribution >= 0.6 is 0 Å². The van der Waals surface area contributed by atoms with Crippen molar-refractivity contribution in [1.29, 1.82) is 0 Å². The second kappa shape index (κ2) is 6.05. The summed E-state index contributed by atoms with van der Waals surface area (Å²) < 4.78 is 9.36. The summed E-state index contributed by atoms with van der Waals surface area (Å²) in [5.74, 6) is -0.389. The number of methoxy groups -OCH3 is 1. The monoisotopic (exact) mass is 239 g/mol. The average Bonchev–Trinajstić information content (AvgIpc) is 2.30. The first-order valence-corrected chi connectivity index (χ1v) is 5.26. The van der Waals surface area contributed by atoms with Crippen molar-refractivity contribution in [2.24, 2.45) is 0 Å². The molecule has 1 aliphatic heterocycles. The van der Waals surface area contributed by atoms with Gasteiger partial charge in [0.05, 0.1) is 18.9 Å². The third kappa shape index (κ3) is 3.92. The molecular weight excluding hydrogens is 222 g/mol. The Balaban J connectivity index is 0.000000239. The number of aromatic nitrogens is 1. The lowest BCUT2D eigenvalue weighted by Crippen LogP contribution is -2.22. The highest BCUT2D eigenvalue weighted by Crippen LogP contribution is 2.11. The van der Waals surface area contributed by atoms with Gasteiger partial charge in [0.25, 0.3) is 0 Å². The SMILES string of the molecule is COC(=O)c1ccc(N)c(N)n1.C[C@@H]1CCO1. The van der Waals surface area contributed by atoms with Crippen molar-refractivity contribution < 1.29 is 14.3 Å². The van der Waals surface area contributed by atoms with Gasteiger partial charge in [0.15, 0.2) is 5.69 Å². The molecular formula is C11H17N3O3. The maximum absolute atomic E-state index is 10.9. The molecule has 1 aromatic heterocycles. The van der Waals surface area contributed by atoms with E-state index in [1.54, 1.807) is 0 Å². The van der Waals surface area contributed by atoms with Crippen LogP contribution in [0.4, 0.5) is 11.5 Å². The van der Waals surface area contributed by atoms with Crippen molar-refractivity contribution in [3.05, 3.63) is 17.8 Å². The van der Waals surface area contributed by atoms with Crippen LogP contribution in [0.15, 0.2) is 12.1 Å². The number of hydrogen-bond acceptors (Lipinski definition) is 6. The van der Waals surface area contributed by atoms with Gasteiger partial charge in [-0.1, -0.05) is 0 Å². The Morgan fingerprint density at radius 3 is 2.47 bits per heavy atom. The number of nitrogens with zero attached hydrogens (tertiary/aromatic N) is 1. The summed E-state index contributed by atoms with van der Waals surface area (Å²) >= 11 is 0. The fraction of sp³-hybridized carbons (Fsp3) is 0.455. The molecule has 0 saturated carbocycles. The minimum absolute atomic E-state index is 0.137. The summed E-state index contributed by atoms with van der Waals surface area (Å²) in [6.45, 7) is 3.07. The number of hydrogen-bond donors (Lipinski definition) is 2. The number of esters is 1. The van der Waals surface area contributed by atoms with Gasteiger partial charge in [0.1, 0.15) is 5.82 Å². The molecule has 1 aromatic rings. The molecule has 0 aromatic carbocycles. The minimum atomic E-state index is -0.526. The number of nitrogen functional groups attached to an aromatic ring is 2. The third-order valence-corrected chi connectivity index (χ3v) is 2.28. The first-order chi connectivity index (χ1) is 8.04.